The Labute approximate surface area is 116 Å². The van der Waals surface area contributed by atoms with Crippen molar-refractivity contribution in [1.29, 1.82) is 0 Å². The second-order valence-electron chi connectivity index (χ2n) is 5.30. The molecule has 96 valence electrons. The summed E-state index contributed by atoms with van der Waals surface area (Å²) < 4.78 is 1.19. The summed E-state index contributed by atoms with van der Waals surface area (Å²) in [5.74, 6) is 0. The van der Waals surface area contributed by atoms with Gasteiger partial charge in [0.1, 0.15) is 0 Å². The standard InChI is InChI=1S/C13H20BrNOS/c1-15(7-11-6-12(14)17-8-11)9-13(10-16)4-2-3-5-13/h6,8,16H,2-5,7,9-10H2,1H3. The van der Waals surface area contributed by atoms with Crippen molar-refractivity contribution in [3.05, 3.63) is 20.8 Å². The second kappa shape index (κ2) is 5.83. The molecule has 1 heterocycles. The van der Waals surface area contributed by atoms with Crippen LogP contribution in [0.4, 0.5) is 0 Å². The summed E-state index contributed by atoms with van der Waals surface area (Å²) in [6, 6.07) is 2.18. The summed E-state index contributed by atoms with van der Waals surface area (Å²) in [5, 5.41) is 11.8. The number of halogens is 1. The zero-order valence-corrected chi connectivity index (χ0v) is 12.7. The molecule has 0 unspecified atom stereocenters. The third-order valence-corrected chi connectivity index (χ3v) is 5.23. The summed E-state index contributed by atoms with van der Waals surface area (Å²) >= 11 is 5.23. The molecule has 0 bridgehead atoms. The van der Waals surface area contributed by atoms with Crippen molar-refractivity contribution in [2.75, 3.05) is 20.2 Å². The number of aliphatic hydroxyl groups is 1. The van der Waals surface area contributed by atoms with E-state index in [9.17, 15) is 5.11 Å². The summed E-state index contributed by atoms with van der Waals surface area (Å²) in [7, 11) is 2.15. The van der Waals surface area contributed by atoms with Gasteiger partial charge in [-0.15, -0.1) is 11.3 Å². The van der Waals surface area contributed by atoms with Crippen molar-refractivity contribution >= 4 is 27.3 Å². The molecule has 0 radical (unpaired) electrons. The summed E-state index contributed by atoms with van der Waals surface area (Å²) in [4.78, 5) is 2.34. The molecule has 1 aromatic heterocycles. The highest BCUT2D eigenvalue weighted by Gasteiger charge is 2.34. The van der Waals surface area contributed by atoms with Gasteiger partial charge < -0.3 is 10.0 Å². The van der Waals surface area contributed by atoms with Gasteiger partial charge in [0.05, 0.1) is 3.79 Å². The molecule has 1 saturated carbocycles. The summed E-state index contributed by atoms with van der Waals surface area (Å²) in [6.07, 6.45) is 4.92. The highest BCUT2D eigenvalue weighted by molar-refractivity contribution is 9.11. The van der Waals surface area contributed by atoms with Crippen LogP contribution < -0.4 is 0 Å². The maximum absolute atomic E-state index is 9.60. The Balaban J connectivity index is 1.90. The number of hydrogen-bond acceptors (Lipinski definition) is 3. The van der Waals surface area contributed by atoms with Crippen molar-refractivity contribution in [1.82, 2.24) is 4.90 Å². The lowest BCUT2D eigenvalue weighted by molar-refractivity contribution is 0.0864. The molecule has 4 heteroatoms. The molecule has 0 aromatic carbocycles. The van der Waals surface area contributed by atoms with Gasteiger partial charge in [-0.1, -0.05) is 12.8 Å². The number of rotatable bonds is 5. The van der Waals surface area contributed by atoms with Gasteiger partial charge in [0.2, 0.25) is 0 Å². The van der Waals surface area contributed by atoms with Crippen LogP contribution in [0.25, 0.3) is 0 Å². The summed E-state index contributed by atoms with van der Waals surface area (Å²) in [5.41, 5.74) is 1.53. The predicted octanol–water partition coefficient (Wildman–Crippen LogP) is 3.50. The Morgan fingerprint density at radius 3 is 2.71 bits per heavy atom. The van der Waals surface area contributed by atoms with Gasteiger partial charge in [-0.3, -0.25) is 0 Å². The smallest absolute Gasteiger partial charge is 0.0701 e. The molecule has 2 rings (SSSR count). The fraction of sp³-hybridized carbons (Fsp3) is 0.692. The Morgan fingerprint density at radius 1 is 1.47 bits per heavy atom. The predicted molar refractivity (Wildman–Crippen MR) is 76.3 cm³/mol. The van der Waals surface area contributed by atoms with Gasteiger partial charge >= 0.3 is 0 Å². The van der Waals surface area contributed by atoms with E-state index in [1.807, 2.05) is 0 Å². The average molecular weight is 318 g/mol. The third-order valence-electron chi connectivity index (χ3n) is 3.68. The molecule has 1 aromatic rings. The first-order chi connectivity index (χ1) is 8.13. The van der Waals surface area contributed by atoms with Crippen LogP contribution >= 0.6 is 27.3 Å². The van der Waals surface area contributed by atoms with Crippen LogP contribution in [0.5, 0.6) is 0 Å². The molecule has 1 aliphatic carbocycles. The molecule has 1 N–H and O–H groups in total. The minimum Gasteiger partial charge on any atom is -0.396 e. The second-order valence-corrected chi connectivity index (χ2v) is 7.59. The largest absolute Gasteiger partial charge is 0.396 e. The number of hydrogen-bond donors (Lipinski definition) is 1. The summed E-state index contributed by atoms with van der Waals surface area (Å²) in [6.45, 7) is 2.32. The van der Waals surface area contributed by atoms with Gasteiger partial charge in [-0.05, 0) is 52.8 Å². The zero-order valence-electron chi connectivity index (χ0n) is 10.3. The topological polar surface area (TPSA) is 23.5 Å². The van der Waals surface area contributed by atoms with Crippen molar-refractivity contribution < 1.29 is 5.11 Å². The van der Waals surface area contributed by atoms with E-state index in [1.165, 1.54) is 35.0 Å². The lowest BCUT2D eigenvalue weighted by atomic mass is 9.86. The number of thiophene rings is 1. The molecule has 0 aliphatic heterocycles. The monoisotopic (exact) mass is 317 g/mol. The highest BCUT2D eigenvalue weighted by Crippen LogP contribution is 2.38. The quantitative estimate of drug-likeness (QED) is 0.898. The molecule has 0 spiro atoms. The van der Waals surface area contributed by atoms with E-state index in [0.717, 1.165) is 13.1 Å². The van der Waals surface area contributed by atoms with E-state index in [-0.39, 0.29) is 5.41 Å². The van der Waals surface area contributed by atoms with Crippen LogP contribution in [-0.4, -0.2) is 30.2 Å². The molecule has 0 amide bonds. The van der Waals surface area contributed by atoms with Gasteiger partial charge in [0.15, 0.2) is 0 Å². The maximum atomic E-state index is 9.60. The van der Waals surface area contributed by atoms with Gasteiger partial charge in [0, 0.05) is 25.1 Å². The van der Waals surface area contributed by atoms with Crippen LogP contribution in [0.3, 0.4) is 0 Å². The average Bonchev–Trinajstić information content (AvgIpc) is 2.89. The number of nitrogens with zero attached hydrogens (tertiary/aromatic N) is 1. The first-order valence-electron chi connectivity index (χ1n) is 6.16. The lowest BCUT2D eigenvalue weighted by Crippen LogP contribution is -2.36. The van der Waals surface area contributed by atoms with E-state index in [4.69, 9.17) is 0 Å². The van der Waals surface area contributed by atoms with Crippen molar-refractivity contribution in [3.8, 4) is 0 Å². The van der Waals surface area contributed by atoms with Crippen LogP contribution in [0.15, 0.2) is 15.2 Å². The molecule has 1 aliphatic rings. The maximum Gasteiger partial charge on any atom is 0.0701 e. The first-order valence-corrected chi connectivity index (χ1v) is 7.83. The molecular weight excluding hydrogens is 298 g/mol. The fourth-order valence-electron chi connectivity index (χ4n) is 2.86. The normalized spacial score (nSPS) is 19.1. The minimum atomic E-state index is 0.169. The molecule has 1 fully saturated rings. The van der Waals surface area contributed by atoms with E-state index >= 15 is 0 Å². The van der Waals surface area contributed by atoms with E-state index in [2.05, 4.69) is 39.3 Å². The van der Waals surface area contributed by atoms with Crippen molar-refractivity contribution in [2.45, 2.75) is 32.2 Å². The molecule has 0 atom stereocenters. The van der Waals surface area contributed by atoms with Crippen LogP contribution in [0.1, 0.15) is 31.2 Å². The van der Waals surface area contributed by atoms with Gasteiger partial charge in [-0.25, -0.2) is 0 Å². The SMILES string of the molecule is CN(Cc1csc(Br)c1)CC1(CO)CCCC1. The molecular formula is C13H20BrNOS. The minimum absolute atomic E-state index is 0.169. The Kier molecular flexibility index (Phi) is 4.64. The van der Waals surface area contributed by atoms with Gasteiger partial charge in [0.25, 0.3) is 0 Å². The fourth-order valence-corrected chi connectivity index (χ4v) is 4.06. The Bertz CT molecular complexity index is 360. The van der Waals surface area contributed by atoms with E-state index < -0.39 is 0 Å². The highest BCUT2D eigenvalue weighted by atomic mass is 79.9. The molecule has 0 saturated heterocycles. The first kappa shape index (κ1) is 13.5. The van der Waals surface area contributed by atoms with Crippen molar-refractivity contribution in [2.24, 2.45) is 5.41 Å². The molecule has 17 heavy (non-hydrogen) atoms. The number of aliphatic hydroxyl groups excluding tert-OH is 1. The molecule has 2 nitrogen and oxygen atoms in total. The lowest BCUT2D eigenvalue weighted by Gasteiger charge is -2.31. The Hall–Kier alpha value is 0.1000. The van der Waals surface area contributed by atoms with E-state index in [0.29, 0.717) is 6.61 Å². The van der Waals surface area contributed by atoms with Crippen LogP contribution in [0, 0.1) is 5.41 Å². The Morgan fingerprint density at radius 2 is 2.18 bits per heavy atom. The van der Waals surface area contributed by atoms with Crippen molar-refractivity contribution in [3.63, 3.8) is 0 Å². The zero-order chi connectivity index (χ0) is 12.3. The van der Waals surface area contributed by atoms with Crippen LogP contribution in [0.2, 0.25) is 0 Å². The van der Waals surface area contributed by atoms with E-state index in [1.54, 1.807) is 11.3 Å². The van der Waals surface area contributed by atoms with Gasteiger partial charge in [-0.2, -0.15) is 0 Å². The third kappa shape index (κ3) is 3.53. The van der Waals surface area contributed by atoms with Crippen LogP contribution in [-0.2, 0) is 6.54 Å².